The Balaban J connectivity index is 0.00000144. The summed E-state index contributed by atoms with van der Waals surface area (Å²) in [6.45, 7) is 7.24. The van der Waals surface area contributed by atoms with Crippen LogP contribution in [0.5, 0.6) is 0 Å². The molecule has 1 aliphatic heterocycles. The number of nitrogens with one attached hydrogen (secondary N) is 1. The molecule has 0 radical (unpaired) electrons. The lowest BCUT2D eigenvalue weighted by Crippen LogP contribution is -2.44. The van der Waals surface area contributed by atoms with Gasteiger partial charge in [0.25, 0.3) is 0 Å². The van der Waals surface area contributed by atoms with Crippen LogP contribution in [0, 0.1) is 0 Å². The van der Waals surface area contributed by atoms with E-state index in [1.54, 1.807) is 0 Å². The summed E-state index contributed by atoms with van der Waals surface area (Å²) in [4.78, 5) is 0. The highest BCUT2D eigenvalue weighted by molar-refractivity contribution is 5.85. The predicted octanol–water partition coefficient (Wildman–Crippen LogP) is 1.92. The highest BCUT2D eigenvalue weighted by Crippen LogP contribution is 2.17. The van der Waals surface area contributed by atoms with E-state index in [1.807, 2.05) is 20.8 Å². The molecule has 4 heteroatoms. The van der Waals surface area contributed by atoms with Crippen molar-refractivity contribution in [2.45, 2.75) is 45.1 Å². The van der Waals surface area contributed by atoms with Crippen LogP contribution in [0.1, 0.15) is 27.2 Å². The van der Waals surface area contributed by atoms with Crippen LogP contribution in [0.2, 0.25) is 0 Å². The van der Waals surface area contributed by atoms with Crippen molar-refractivity contribution < 1.29 is 9.13 Å². The summed E-state index contributed by atoms with van der Waals surface area (Å²) >= 11 is 0. The Hall–Kier alpha value is 0.140. The van der Waals surface area contributed by atoms with Crippen molar-refractivity contribution >= 4 is 12.4 Å². The molecule has 1 saturated heterocycles. The Morgan fingerprint density at radius 2 is 1.92 bits per heavy atom. The summed E-state index contributed by atoms with van der Waals surface area (Å²) in [7, 11) is 0. The van der Waals surface area contributed by atoms with Gasteiger partial charge < -0.3 is 10.1 Å². The molecule has 0 aromatic carbocycles. The zero-order valence-electron chi connectivity index (χ0n) is 8.47. The number of piperidine rings is 1. The zero-order chi connectivity index (χ0) is 9.19. The second-order valence-corrected chi connectivity index (χ2v) is 4.34. The first-order chi connectivity index (χ1) is 5.47. The molecular formula is C9H19ClFNO. The Kier molecular flexibility index (Phi) is 5.18. The zero-order valence-corrected chi connectivity index (χ0v) is 9.29. The maximum atomic E-state index is 12.9. The van der Waals surface area contributed by atoms with E-state index in [9.17, 15) is 4.39 Å². The van der Waals surface area contributed by atoms with Crippen LogP contribution in [-0.4, -0.2) is 31.0 Å². The van der Waals surface area contributed by atoms with E-state index in [2.05, 4.69) is 5.32 Å². The lowest BCUT2D eigenvalue weighted by molar-refractivity contribution is -0.0770. The Labute approximate surface area is 85.6 Å². The molecule has 0 aromatic rings. The molecule has 1 aliphatic rings. The predicted molar refractivity (Wildman–Crippen MR) is 54.3 cm³/mol. The van der Waals surface area contributed by atoms with E-state index in [4.69, 9.17) is 4.74 Å². The molecule has 1 rings (SSSR count). The molecule has 0 spiro atoms. The number of ether oxygens (including phenoxy) is 1. The Bertz CT molecular complexity index is 149. The van der Waals surface area contributed by atoms with Crippen molar-refractivity contribution in [1.29, 1.82) is 0 Å². The van der Waals surface area contributed by atoms with Crippen molar-refractivity contribution in [1.82, 2.24) is 5.32 Å². The largest absolute Gasteiger partial charge is 0.371 e. The van der Waals surface area contributed by atoms with E-state index in [0.29, 0.717) is 13.0 Å². The van der Waals surface area contributed by atoms with Gasteiger partial charge in [-0.15, -0.1) is 12.4 Å². The summed E-state index contributed by atoms with van der Waals surface area (Å²) in [5.74, 6) is 0. The molecule has 0 bridgehead atoms. The first-order valence-corrected chi connectivity index (χ1v) is 4.50. The SMILES string of the molecule is CC(C)(C)O[C@@H]1CNC[C@H](F)C1.Cl. The van der Waals surface area contributed by atoms with Crippen LogP contribution in [0.25, 0.3) is 0 Å². The van der Waals surface area contributed by atoms with Crippen LogP contribution in [-0.2, 0) is 4.74 Å². The minimum atomic E-state index is -0.744. The molecular weight excluding hydrogens is 193 g/mol. The maximum absolute atomic E-state index is 12.9. The molecule has 0 aromatic heterocycles. The van der Waals surface area contributed by atoms with Crippen molar-refractivity contribution in [3.05, 3.63) is 0 Å². The van der Waals surface area contributed by atoms with Gasteiger partial charge in [-0.3, -0.25) is 0 Å². The number of hydrogen-bond acceptors (Lipinski definition) is 2. The third-order valence-corrected chi connectivity index (χ3v) is 1.78. The van der Waals surface area contributed by atoms with E-state index < -0.39 is 6.17 Å². The van der Waals surface area contributed by atoms with Crippen molar-refractivity contribution in [3.8, 4) is 0 Å². The minimum absolute atomic E-state index is 0. The smallest absolute Gasteiger partial charge is 0.115 e. The molecule has 80 valence electrons. The number of rotatable bonds is 1. The topological polar surface area (TPSA) is 21.3 Å². The molecule has 0 unspecified atom stereocenters. The lowest BCUT2D eigenvalue weighted by atomic mass is 10.1. The first-order valence-electron chi connectivity index (χ1n) is 4.50. The molecule has 1 N–H and O–H groups in total. The number of hydrogen-bond donors (Lipinski definition) is 1. The Morgan fingerprint density at radius 1 is 1.31 bits per heavy atom. The average molecular weight is 212 g/mol. The van der Waals surface area contributed by atoms with E-state index in [1.165, 1.54) is 0 Å². The summed E-state index contributed by atoms with van der Waals surface area (Å²) in [6, 6.07) is 0. The fourth-order valence-electron chi connectivity index (χ4n) is 1.44. The summed E-state index contributed by atoms with van der Waals surface area (Å²) in [5, 5.41) is 3.01. The number of halogens is 2. The number of alkyl halides is 1. The van der Waals surface area contributed by atoms with Gasteiger partial charge in [0.1, 0.15) is 6.17 Å². The molecule has 2 nitrogen and oxygen atoms in total. The monoisotopic (exact) mass is 211 g/mol. The fourth-order valence-corrected chi connectivity index (χ4v) is 1.44. The third kappa shape index (κ3) is 5.45. The van der Waals surface area contributed by atoms with Crippen molar-refractivity contribution in [3.63, 3.8) is 0 Å². The van der Waals surface area contributed by atoms with Crippen LogP contribution < -0.4 is 5.32 Å². The van der Waals surface area contributed by atoms with Gasteiger partial charge in [-0.25, -0.2) is 4.39 Å². The highest BCUT2D eigenvalue weighted by atomic mass is 35.5. The van der Waals surface area contributed by atoms with E-state index in [-0.39, 0.29) is 24.1 Å². The van der Waals surface area contributed by atoms with E-state index in [0.717, 1.165) is 6.54 Å². The molecule has 0 aliphatic carbocycles. The van der Waals surface area contributed by atoms with Gasteiger partial charge in [-0.1, -0.05) is 0 Å². The second kappa shape index (κ2) is 5.13. The van der Waals surface area contributed by atoms with E-state index >= 15 is 0 Å². The summed E-state index contributed by atoms with van der Waals surface area (Å²) < 4.78 is 18.5. The third-order valence-electron chi connectivity index (χ3n) is 1.78. The minimum Gasteiger partial charge on any atom is -0.371 e. The van der Waals surface area contributed by atoms with Gasteiger partial charge >= 0.3 is 0 Å². The van der Waals surface area contributed by atoms with Crippen LogP contribution in [0.3, 0.4) is 0 Å². The average Bonchev–Trinajstić information content (AvgIpc) is 1.82. The van der Waals surface area contributed by atoms with Gasteiger partial charge in [0.05, 0.1) is 11.7 Å². The molecule has 0 amide bonds. The normalized spacial score (nSPS) is 29.5. The quantitative estimate of drug-likeness (QED) is 0.716. The van der Waals surface area contributed by atoms with Crippen LogP contribution >= 0.6 is 12.4 Å². The molecule has 2 atom stereocenters. The molecule has 1 heterocycles. The first kappa shape index (κ1) is 13.1. The van der Waals surface area contributed by atoms with Gasteiger partial charge in [0.2, 0.25) is 0 Å². The van der Waals surface area contributed by atoms with Crippen LogP contribution in [0.15, 0.2) is 0 Å². The molecule has 0 saturated carbocycles. The van der Waals surface area contributed by atoms with Gasteiger partial charge in [0.15, 0.2) is 0 Å². The standard InChI is InChI=1S/C9H18FNO.ClH/c1-9(2,3)12-8-4-7(10)5-11-6-8;/h7-8,11H,4-6H2,1-3H3;1H/t7-,8+;/m1./s1. The van der Waals surface area contributed by atoms with Gasteiger partial charge in [0, 0.05) is 19.5 Å². The second-order valence-electron chi connectivity index (χ2n) is 4.34. The fraction of sp³-hybridized carbons (Fsp3) is 1.00. The highest BCUT2D eigenvalue weighted by Gasteiger charge is 2.25. The van der Waals surface area contributed by atoms with Crippen LogP contribution in [0.4, 0.5) is 4.39 Å². The van der Waals surface area contributed by atoms with Crippen molar-refractivity contribution in [2.75, 3.05) is 13.1 Å². The molecule has 1 fully saturated rings. The van der Waals surface area contributed by atoms with Gasteiger partial charge in [-0.05, 0) is 20.8 Å². The summed E-state index contributed by atoms with van der Waals surface area (Å²) in [6.07, 6.45) is -0.176. The molecule has 13 heavy (non-hydrogen) atoms. The van der Waals surface area contributed by atoms with Gasteiger partial charge in [-0.2, -0.15) is 0 Å². The maximum Gasteiger partial charge on any atom is 0.115 e. The Morgan fingerprint density at radius 3 is 2.38 bits per heavy atom. The summed E-state index contributed by atoms with van der Waals surface area (Å²) in [5.41, 5.74) is -0.163. The lowest BCUT2D eigenvalue weighted by Gasteiger charge is -2.31. The van der Waals surface area contributed by atoms with Crippen molar-refractivity contribution in [2.24, 2.45) is 0 Å².